The van der Waals surface area contributed by atoms with Crippen LogP contribution in [0.4, 0.5) is 0 Å². The summed E-state index contributed by atoms with van der Waals surface area (Å²) in [4.78, 5) is 0. The lowest BCUT2D eigenvalue weighted by Crippen LogP contribution is -2.00. The average Bonchev–Trinajstić information content (AvgIpc) is 2.34. The number of para-hydroxylation sites is 1. The summed E-state index contributed by atoms with van der Waals surface area (Å²) in [7, 11) is 0. The monoisotopic (exact) mass is 325 g/mol. The van der Waals surface area contributed by atoms with E-state index >= 15 is 0 Å². The fourth-order valence-corrected chi connectivity index (χ4v) is 2.43. The third-order valence-corrected chi connectivity index (χ3v) is 3.49. The molecule has 2 aromatic rings. The fraction of sp³-hybridized carbons (Fsp3) is 0.143. The quantitative estimate of drug-likeness (QED) is 0.890. The zero-order chi connectivity index (χ0) is 13.1. The average molecular weight is 327 g/mol. The lowest BCUT2D eigenvalue weighted by molar-refractivity contribution is 0.473. The second kappa shape index (κ2) is 5.74. The van der Waals surface area contributed by atoms with Crippen molar-refractivity contribution in [2.75, 3.05) is 0 Å². The van der Waals surface area contributed by atoms with E-state index in [1.807, 2.05) is 37.3 Å². The van der Waals surface area contributed by atoms with Crippen molar-refractivity contribution >= 4 is 27.5 Å². The highest BCUT2D eigenvalue weighted by Gasteiger charge is 2.10. The zero-order valence-electron chi connectivity index (χ0n) is 9.91. The topological polar surface area (TPSA) is 35.2 Å². The van der Waals surface area contributed by atoms with E-state index < -0.39 is 0 Å². The van der Waals surface area contributed by atoms with Crippen LogP contribution in [0.2, 0.25) is 5.02 Å². The number of halogens is 2. The molecule has 0 amide bonds. The highest BCUT2D eigenvalue weighted by Crippen LogP contribution is 2.36. The first-order valence-corrected chi connectivity index (χ1v) is 6.70. The van der Waals surface area contributed by atoms with Crippen molar-refractivity contribution in [1.29, 1.82) is 0 Å². The number of aryl methyl sites for hydroxylation is 1. The standard InChI is InChI=1S/C14H13BrClNO/c1-9-5-6-13(11(15)7-9)18-14-10(8-17)3-2-4-12(14)16/h2-7H,8,17H2,1H3. The van der Waals surface area contributed by atoms with E-state index in [9.17, 15) is 0 Å². The number of hydrogen-bond donors (Lipinski definition) is 1. The van der Waals surface area contributed by atoms with Crippen molar-refractivity contribution in [2.24, 2.45) is 5.73 Å². The highest BCUT2D eigenvalue weighted by molar-refractivity contribution is 9.10. The smallest absolute Gasteiger partial charge is 0.150 e. The molecule has 2 N–H and O–H groups in total. The summed E-state index contributed by atoms with van der Waals surface area (Å²) in [6.07, 6.45) is 0. The van der Waals surface area contributed by atoms with E-state index in [-0.39, 0.29) is 0 Å². The van der Waals surface area contributed by atoms with Gasteiger partial charge in [-0.2, -0.15) is 0 Å². The first-order valence-electron chi connectivity index (χ1n) is 5.53. The second-order valence-corrected chi connectivity index (χ2v) is 5.23. The molecule has 0 spiro atoms. The molecule has 0 fully saturated rings. The van der Waals surface area contributed by atoms with E-state index in [2.05, 4.69) is 15.9 Å². The molecule has 0 saturated heterocycles. The van der Waals surface area contributed by atoms with Crippen LogP contribution in [0.25, 0.3) is 0 Å². The minimum Gasteiger partial charge on any atom is -0.454 e. The van der Waals surface area contributed by atoms with Gasteiger partial charge in [0.05, 0.1) is 9.50 Å². The van der Waals surface area contributed by atoms with Gasteiger partial charge in [-0.05, 0) is 46.6 Å². The molecule has 0 aliphatic heterocycles. The minimum atomic E-state index is 0.388. The van der Waals surface area contributed by atoms with Crippen LogP contribution in [0, 0.1) is 6.92 Å². The molecular formula is C14H13BrClNO. The van der Waals surface area contributed by atoms with Crippen molar-refractivity contribution in [1.82, 2.24) is 0 Å². The molecular weight excluding hydrogens is 314 g/mol. The summed E-state index contributed by atoms with van der Waals surface area (Å²) in [6, 6.07) is 11.4. The van der Waals surface area contributed by atoms with Crippen molar-refractivity contribution in [3.63, 3.8) is 0 Å². The highest BCUT2D eigenvalue weighted by atomic mass is 79.9. The number of benzene rings is 2. The maximum atomic E-state index is 6.15. The van der Waals surface area contributed by atoms with Gasteiger partial charge in [0.1, 0.15) is 5.75 Å². The number of ether oxygens (including phenoxy) is 1. The van der Waals surface area contributed by atoms with Crippen LogP contribution in [0.15, 0.2) is 40.9 Å². The Morgan fingerprint density at radius 1 is 1.28 bits per heavy atom. The first kappa shape index (κ1) is 13.4. The van der Waals surface area contributed by atoms with E-state index in [1.54, 1.807) is 6.07 Å². The molecule has 2 nitrogen and oxygen atoms in total. The predicted octanol–water partition coefficient (Wildman–Crippen LogP) is 4.66. The van der Waals surface area contributed by atoms with Gasteiger partial charge in [-0.25, -0.2) is 0 Å². The van der Waals surface area contributed by atoms with Crippen LogP contribution < -0.4 is 10.5 Å². The summed E-state index contributed by atoms with van der Waals surface area (Å²) in [5, 5.41) is 0.561. The van der Waals surface area contributed by atoms with Gasteiger partial charge < -0.3 is 10.5 Å². The van der Waals surface area contributed by atoms with Gasteiger partial charge >= 0.3 is 0 Å². The van der Waals surface area contributed by atoms with Crippen LogP contribution in [-0.2, 0) is 6.54 Å². The molecule has 4 heteroatoms. The maximum Gasteiger partial charge on any atom is 0.150 e. The Kier molecular flexibility index (Phi) is 4.27. The van der Waals surface area contributed by atoms with Crippen LogP contribution in [0.1, 0.15) is 11.1 Å². The Balaban J connectivity index is 2.39. The Labute approximate surface area is 120 Å². The Bertz CT molecular complexity index is 572. The van der Waals surface area contributed by atoms with Crippen molar-refractivity contribution < 1.29 is 4.74 Å². The molecule has 0 atom stereocenters. The van der Waals surface area contributed by atoms with E-state index in [4.69, 9.17) is 22.1 Å². The SMILES string of the molecule is Cc1ccc(Oc2c(Cl)cccc2CN)c(Br)c1. The maximum absolute atomic E-state index is 6.15. The van der Waals surface area contributed by atoms with Crippen LogP contribution in [0.5, 0.6) is 11.5 Å². The molecule has 0 aliphatic carbocycles. The van der Waals surface area contributed by atoms with Crippen LogP contribution in [0.3, 0.4) is 0 Å². The first-order chi connectivity index (χ1) is 8.61. The predicted molar refractivity (Wildman–Crippen MR) is 78.3 cm³/mol. The minimum absolute atomic E-state index is 0.388. The Morgan fingerprint density at radius 2 is 2.06 bits per heavy atom. The third-order valence-electron chi connectivity index (χ3n) is 2.57. The van der Waals surface area contributed by atoms with Crippen molar-refractivity contribution in [2.45, 2.75) is 13.5 Å². The Morgan fingerprint density at radius 3 is 2.72 bits per heavy atom. The number of hydrogen-bond acceptors (Lipinski definition) is 2. The normalized spacial score (nSPS) is 10.4. The summed E-state index contributed by atoms with van der Waals surface area (Å²) < 4.78 is 6.75. The number of rotatable bonds is 3. The molecule has 18 heavy (non-hydrogen) atoms. The lowest BCUT2D eigenvalue weighted by Gasteiger charge is -2.13. The molecule has 0 aliphatic rings. The summed E-state index contributed by atoms with van der Waals surface area (Å²) in [5.41, 5.74) is 7.73. The van der Waals surface area contributed by atoms with E-state index in [0.29, 0.717) is 17.3 Å². The molecule has 0 bridgehead atoms. The molecule has 0 heterocycles. The molecule has 0 saturated carbocycles. The molecule has 2 rings (SSSR count). The molecule has 94 valence electrons. The van der Waals surface area contributed by atoms with Gasteiger partial charge in [0, 0.05) is 12.1 Å². The van der Waals surface area contributed by atoms with E-state index in [0.717, 1.165) is 21.3 Å². The van der Waals surface area contributed by atoms with E-state index in [1.165, 1.54) is 0 Å². The molecule has 0 aromatic heterocycles. The molecule has 2 aromatic carbocycles. The van der Waals surface area contributed by atoms with Gasteiger partial charge in [-0.15, -0.1) is 0 Å². The Hall–Kier alpha value is -1.03. The lowest BCUT2D eigenvalue weighted by atomic mass is 10.2. The molecule has 0 unspecified atom stereocenters. The number of nitrogens with two attached hydrogens (primary N) is 1. The van der Waals surface area contributed by atoms with Crippen molar-refractivity contribution in [3.8, 4) is 11.5 Å². The molecule has 0 radical (unpaired) electrons. The summed E-state index contributed by atoms with van der Waals surface area (Å²) in [5.74, 6) is 1.34. The second-order valence-electron chi connectivity index (χ2n) is 3.97. The van der Waals surface area contributed by atoms with Crippen LogP contribution >= 0.6 is 27.5 Å². The summed E-state index contributed by atoms with van der Waals surface area (Å²) >= 11 is 9.62. The summed E-state index contributed by atoms with van der Waals surface area (Å²) in [6.45, 7) is 2.41. The van der Waals surface area contributed by atoms with Gasteiger partial charge in [0.15, 0.2) is 5.75 Å². The fourth-order valence-electron chi connectivity index (χ4n) is 1.63. The van der Waals surface area contributed by atoms with Gasteiger partial charge in [0.25, 0.3) is 0 Å². The van der Waals surface area contributed by atoms with Crippen LogP contribution in [-0.4, -0.2) is 0 Å². The zero-order valence-corrected chi connectivity index (χ0v) is 12.3. The van der Waals surface area contributed by atoms with Gasteiger partial charge in [-0.1, -0.05) is 29.8 Å². The largest absolute Gasteiger partial charge is 0.454 e. The third kappa shape index (κ3) is 2.86. The van der Waals surface area contributed by atoms with Crippen molar-refractivity contribution in [3.05, 3.63) is 57.0 Å². The van der Waals surface area contributed by atoms with Gasteiger partial charge in [-0.3, -0.25) is 0 Å². The van der Waals surface area contributed by atoms with Gasteiger partial charge in [0.2, 0.25) is 0 Å².